The van der Waals surface area contributed by atoms with Crippen LogP contribution in [0.4, 0.5) is 0 Å². The molecule has 1 N–H and O–H groups in total. The molecule has 3 rings (SSSR count). The smallest absolute Gasteiger partial charge is 0.272 e. The Morgan fingerprint density at radius 3 is 2.59 bits per heavy atom. The highest BCUT2D eigenvalue weighted by atomic mass is 79.9. The molecular weight excluding hydrogens is 428 g/mol. The molecule has 4 nitrogen and oxygen atoms in total. The van der Waals surface area contributed by atoms with Gasteiger partial charge in [-0.05, 0) is 75.6 Å². The van der Waals surface area contributed by atoms with E-state index in [1.54, 1.807) is 24.4 Å². The number of carbonyl (C=O) groups excluding carboxylic acids is 1. The molecule has 0 saturated carbocycles. The summed E-state index contributed by atoms with van der Waals surface area (Å²) in [6.07, 6.45) is 1.58. The van der Waals surface area contributed by atoms with Crippen molar-refractivity contribution in [3.8, 4) is 5.75 Å². The van der Waals surface area contributed by atoms with Gasteiger partial charge in [0.2, 0.25) is 0 Å². The van der Waals surface area contributed by atoms with Crippen LogP contribution in [0.1, 0.15) is 21.5 Å². The second kappa shape index (κ2) is 9.35. The van der Waals surface area contributed by atoms with Crippen molar-refractivity contribution in [1.29, 1.82) is 0 Å². The van der Waals surface area contributed by atoms with Crippen LogP contribution in [0.15, 0.2) is 82.4 Å². The summed E-state index contributed by atoms with van der Waals surface area (Å²) in [6.45, 7) is 0.440. The fourth-order valence-electron chi connectivity index (χ4n) is 2.31. The van der Waals surface area contributed by atoms with Crippen LogP contribution >= 0.6 is 27.5 Å². The zero-order valence-electron chi connectivity index (χ0n) is 14.2. The van der Waals surface area contributed by atoms with Gasteiger partial charge < -0.3 is 4.74 Å². The molecule has 0 aliphatic heterocycles. The quantitative estimate of drug-likeness (QED) is 0.407. The number of carbonyl (C=O) groups is 1. The standard InChI is InChI=1S/C21H16BrClN2O2/c22-20-7-2-1-6-19(20)21(26)25-24-13-15-8-10-18(11-9-15)27-14-16-4-3-5-17(23)12-16/h1-13H,14H2,(H,25,26)/b24-13-. The summed E-state index contributed by atoms with van der Waals surface area (Å²) in [6, 6.07) is 22.1. The SMILES string of the molecule is O=C(N/N=C\c1ccc(OCc2cccc(Cl)c2)cc1)c1ccccc1Br. The van der Waals surface area contributed by atoms with Gasteiger partial charge in [-0.15, -0.1) is 0 Å². The summed E-state index contributed by atoms with van der Waals surface area (Å²) in [7, 11) is 0. The van der Waals surface area contributed by atoms with Crippen LogP contribution in [0.5, 0.6) is 5.75 Å². The number of halogens is 2. The molecular formula is C21H16BrClN2O2. The summed E-state index contributed by atoms with van der Waals surface area (Å²) < 4.78 is 6.46. The largest absolute Gasteiger partial charge is 0.489 e. The minimum atomic E-state index is -0.278. The molecule has 0 aliphatic carbocycles. The highest BCUT2D eigenvalue weighted by Crippen LogP contribution is 2.17. The van der Waals surface area contributed by atoms with E-state index in [-0.39, 0.29) is 5.91 Å². The number of amides is 1. The van der Waals surface area contributed by atoms with E-state index >= 15 is 0 Å². The van der Waals surface area contributed by atoms with E-state index in [1.807, 2.05) is 54.6 Å². The Morgan fingerprint density at radius 2 is 1.85 bits per heavy atom. The maximum Gasteiger partial charge on any atom is 0.272 e. The van der Waals surface area contributed by atoms with Crippen LogP contribution in [-0.2, 0) is 6.61 Å². The van der Waals surface area contributed by atoms with Crippen molar-refractivity contribution in [2.24, 2.45) is 5.10 Å². The molecule has 3 aromatic rings. The van der Waals surface area contributed by atoms with Crippen molar-refractivity contribution >= 4 is 39.7 Å². The van der Waals surface area contributed by atoms with Gasteiger partial charge in [0.1, 0.15) is 12.4 Å². The van der Waals surface area contributed by atoms with Gasteiger partial charge in [0.05, 0.1) is 11.8 Å². The van der Waals surface area contributed by atoms with Crippen LogP contribution in [0.2, 0.25) is 5.02 Å². The normalized spacial score (nSPS) is 10.7. The van der Waals surface area contributed by atoms with Crippen molar-refractivity contribution in [2.75, 3.05) is 0 Å². The number of ether oxygens (including phenoxy) is 1. The minimum Gasteiger partial charge on any atom is -0.489 e. The third-order valence-electron chi connectivity index (χ3n) is 3.67. The fourth-order valence-corrected chi connectivity index (χ4v) is 2.99. The number of nitrogens with zero attached hydrogens (tertiary/aromatic N) is 1. The van der Waals surface area contributed by atoms with E-state index in [0.717, 1.165) is 21.3 Å². The van der Waals surface area contributed by atoms with Crippen LogP contribution in [-0.4, -0.2) is 12.1 Å². The van der Waals surface area contributed by atoms with Gasteiger partial charge in [-0.3, -0.25) is 4.79 Å². The number of rotatable bonds is 6. The summed E-state index contributed by atoms with van der Waals surface area (Å²) in [5.41, 5.74) is 4.89. The first-order valence-electron chi connectivity index (χ1n) is 8.17. The zero-order valence-corrected chi connectivity index (χ0v) is 16.6. The maximum atomic E-state index is 12.1. The van der Waals surface area contributed by atoms with E-state index < -0.39 is 0 Å². The molecule has 1 amide bonds. The predicted molar refractivity (Wildman–Crippen MR) is 111 cm³/mol. The van der Waals surface area contributed by atoms with Gasteiger partial charge in [-0.1, -0.05) is 35.9 Å². The molecule has 0 saturated heterocycles. The van der Waals surface area contributed by atoms with E-state index in [2.05, 4.69) is 26.5 Å². The maximum absolute atomic E-state index is 12.1. The third kappa shape index (κ3) is 5.67. The first-order chi connectivity index (χ1) is 13.1. The summed E-state index contributed by atoms with van der Waals surface area (Å²) in [4.78, 5) is 12.1. The average Bonchev–Trinajstić information content (AvgIpc) is 2.68. The molecule has 0 heterocycles. The second-order valence-electron chi connectivity index (χ2n) is 5.67. The number of nitrogens with one attached hydrogen (secondary N) is 1. The van der Waals surface area contributed by atoms with Crippen molar-refractivity contribution in [1.82, 2.24) is 5.43 Å². The molecule has 0 unspecified atom stereocenters. The summed E-state index contributed by atoms with van der Waals surface area (Å²) in [5.74, 6) is 0.463. The fraction of sp³-hybridized carbons (Fsp3) is 0.0476. The Balaban J connectivity index is 1.53. The zero-order chi connectivity index (χ0) is 19.1. The topological polar surface area (TPSA) is 50.7 Å². The van der Waals surface area contributed by atoms with E-state index in [9.17, 15) is 4.79 Å². The molecule has 0 atom stereocenters. The molecule has 3 aromatic carbocycles. The van der Waals surface area contributed by atoms with Crippen molar-refractivity contribution in [3.63, 3.8) is 0 Å². The summed E-state index contributed by atoms with van der Waals surface area (Å²) in [5, 5.41) is 4.68. The van der Waals surface area contributed by atoms with Crippen molar-refractivity contribution in [3.05, 3.63) is 99.0 Å². The van der Waals surface area contributed by atoms with Crippen molar-refractivity contribution < 1.29 is 9.53 Å². The van der Waals surface area contributed by atoms with Crippen molar-refractivity contribution in [2.45, 2.75) is 6.61 Å². The Kier molecular flexibility index (Phi) is 6.63. The molecule has 136 valence electrons. The molecule has 0 bridgehead atoms. The molecule has 0 fully saturated rings. The molecule has 6 heteroatoms. The van der Waals surface area contributed by atoms with Gasteiger partial charge in [0.15, 0.2) is 0 Å². The Hall–Kier alpha value is -2.63. The van der Waals surface area contributed by atoms with E-state index in [4.69, 9.17) is 16.3 Å². The van der Waals surface area contributed by atoms with Crippen LogP contribution in [0, 0.1) is 0 Å². The monoisotopic (exact) mass is 442 g/mol. The van der Waals surface area contributed by atoms with Gasteiger partial charge in [-0.25, -0.2) is 5.43 Å². The lowest BCUT2D eigenvalue weighted by Crippen LogP contribution is -2.18. The van der Waals surface area contributed by atoms with Crippen LogP contribution in [0.25, 0.3) is 0 Å². The minimum absolute atomic E-state index is 0.278. The predicted octanol–water partition coefficient (Wildman–Crippen LogP) is 5.45. The number of hydrazone groups is 1. The molecule has 0 spiro atoms. The average molecular weight is 444 g/mol. The number of hydrogen-bond acceptors (Lipinski definition) is 3. The first-order valence-corrected chi connectivity index (χ1v) is 9.34. The van der Waals surface area contributed by atoms with Gasteiger partial charge in [-0.2, -0.15) is 5.10 Å². The van der Waals surface area contributed by atoms with Gasteiger partial charge in [0.25, 0.3) is 5.91 Å². The lowest BCUT2D eigenvalue weighted by Gasteiger charge is -2.07. The van der Waals surface area contributed by atoms with E-state index in [1.165, 1.54) is 0 Å². The lowest BCUT2D eigenvalue weighted by molar-refractivity contribution is 0.0954. The molecule has 0 radical (unpaired) electrons. The van der Waals surface area contributed by atoms with E-state index in [0.29, 0.717) is 17.2 Å². The summed E-state index contributed by atoms with van der Waals surface area (Å²) >= 11 is 9.31. The Morgan fingerprint density at radius 1 is 1.07 bits per heavy atom. The molecule has 0 aliphatic rings. The Bertz CT molecular complexity index is 958. The number of hydrogen-bond donors (Lipinski definition) is 1. The van der Waals surface area contributed by atoms with Crippen LogP contribution in [0.3, 0.4) is 0 Å². The molecule has 27 heavy (non-hydrogen) atoms. The first kappa shape index (κ1) is 19.1. The molecule has 0 aromatic heterocycles. The third-order valence-corrected chi connectivity index (χ3v) is 4.60. The lowest BCUT2D eigenvalue weighted by atomic mass is 10.2. The number of benzene rings is 3. The highest BCUT2D eigenvalue weighted by Gasteiger charge is 2.07. The second-order valence-corrected chi connectivity index (χ2v) is 6.96. The van der Waals surface area contributed by atoms with Gasteiger partial charge in [0, 0.05) is 9.50 Å². The Labute approximate surface area is 171 Å². The van der Waals surface area contributed by atoms with Gasteiger partial charge >= 0.3 is 0 Å². The highest BCUT2D eigenvalue weighted by molar-refractivity contribution is 9.10. The van der Waals surface area contributed by atoms with Crippen LogP contribution < -0.4 is 10.2 Å².